The van der Waals surface area contributed by atoms with Crippen LogP contribution in [0.1, 0.15) is 5.82 Å². The Labute approximate surface area is 127 Å². The van der Waals surface area contributed by atoms with E-state index >= 15 is 0 Å². The highest BCUT2D eigenvalue weighted by molar-refractivity contribution is 7.89. The molecule has 0 spiro atoms. The van der Waals surface area contributed by atoms with Crippen molar-refractivity contribution in [1.29, 1.82) is 0 Å². The van der Waals surface area contributed by atoms with Gasteiger partial charge in [0.2, 0.25) is 10.0 Å². The molecule has 0 unspecified atom stereocenters. The van der Waals surface area contributed by atoms with Crippen LogP contribution in [0.4, 0.5) is 5.69 Å². The maximum Gasteiger partial charge on any atom is 0.307 e. The van der Waals surface area contributed by atoms with Gasteiger partial charge in [0, 0.05) is 0 Å². The summed E-state index contributed by atoms with van der Waals surface area (Å²) in [5, 5.41) is 22.5. The predicted molar refractivity (Wildman–Crippen MR) is 71.3 cm³/mol. The van der Waals surface area contributed by atoms with Crippen molar-refractivity contribution in [3.63, 3.8) is 0 Å². The monoisotopic (exact) mass is 352 g/mol. The number of H-pyrrole nitrogens is 1. The van der Waals surface area contributed by atoms with E-state index in [9.17, 15) is 18.5 Å². The molecule has 1 aromatic carbocycles. The van der Waals surface area contributed by atoms with Crippen LogP contribution >= 0.6 is 23.2 Å². The number of tetrazole rings is 1. The molecule has 0 aliphatic rings. The summed E-state index contributed by atoms with van der Waals surface area (Å²) in [4.78, 5) is 9.53. The number of rotatable bonds is 5. The maximum atomic E-state index is 12.1. The molecule has 0 aliphatic carbocycles. The Bertz CT molecular complexity index is 778. The number of nitrogens with zero attached hydrogens (tertiary/aromatic N) is 4. The zero-order valence-corrected chi connectivity index (χ0v) is 12.3. The van der Waals surface area contributed by atoms with Crippen molar-refractivity contribution < 1.29 is 13.3 Å². The van der Waals surface area contributed by atoms with Crippen LogP contribution in [0.3, 0.4) is 0 Å². The van der Waals surface area contributed by atoms with Crippen molar-refractivity contribution in [3.8, 4) is 0 Å². The van der Waals surface area contributed by atoms with Crippen molar-refractivity contribution in [2.75, 3.05) is 0 Å². The number of hydrogen-bond donors (Lipinski definition) is 2. The lowest BCUT2D eigenvalue weighted by Crippen LogP contribution is -2.24. The molecule has 0 radical (unpaired) electrons. The Kier molecular flexibility index (Phi) is 4.37. The van der Waals surface area contributed by atoms with E-state index in [2.05, 4.69) is 25.3 Å². The van der Waals surface area contributed by atoms with E-state index in [1.165, 1.54) is 0 Å². The van der Waals surface area contributed by atoms with E-state index < -0.39 is 30.6 Å². The molecular formula is C8H6Cl2N6O4S. The van der Waals surface area contributed by atoms with Gasteiger partial charge in [-0.15, -0.1) is 10.2 Å². The topological polar surface area (TPSA) is 144 Å². The average Bonchev–Trinajstić information content (AvgIpc) is 2.88. The summed E-state index contributed by atoms with van der Waals surface area (Å²) in [7, 11) is -4.11. The lowest BCUT2D eigenvalue weighted by molar-refractivity contribution is -0.384. The fourth-order valence-corrected chi connectivity index (χ4v) is 3.26. The molecule has 0 amide bonds. The fourth-order valence-electron chi connectivity index (χ4n) is 1.39. The van der Waals surface area contributed by atoms with Crippen LogP contribution < -0.4 is 4.72 Å². The molecule has 0 saturated carbocycles. The van der Waals surface area contributed by atoms with Gasteiger partial charge in [-0.05, 0) is 12.1 Å². The fraction of sp³-hybridized carbons (Fsp3) is 0.125. The minimum absolute atomic E-state index is 0.0955. The van der Waals surface area contributed by atoms with E-state index in [-0.39, 0.29) is 17.4 Å². The molecule has 0 atom stereocenters. The summed E-state index contributed by atoms with van der Waals surface area (Å²) >= 11 is 11.4. The van der Waals surface area contributed by atoms with Gasteiger partial charge in [-0.2, -0.15) is 5.21 Å². The number of nitrogens with one attached hydrogen (secondary N) is 2. The van der Waals surface area contributed by atoms with Crippen molar-refractivity contribution in [3.05, 3.63) is 38.1 Å². The highest BCUT2D eigenvalue weighted by Crippen LogP contribution is 2.36. The molecule has 112 valence electrons. The van der Waals surface area contributed by atoms with Gasteiger partial charge in [0.05, 0.1) is 11.5 Å². The molecule has 0 aliphatic heterocycles. The minimum Gasteiger partial charge on any atom is -0.258 e. The van der Waals surface area contributed by atoms with E-state index in [0.29, 0.717) is 0 Å². The lowest BCUT2D eigenvalue weighted by Gasteiger charge is -2.07. The Morgan fingerprint density at radius 2 is 2.10 bits per heavy atom. The Balaban J connectivity index is 2.36. The zero-order valence-electron chi connectivity index (χ0n) is 9.95. The van der Waals surface area contributed by atoms with Crippen LogP contribution in [0.5, 0.6) is 0 Å². The summed E-state index contributed by atoms with van der Waals surface area (Å²) in [6, 6.07) is 2.14. The first-order chi connectivity index (χ1) is 9.83. The molecule has 10 nitrogen and oxygen atoms in total. The standard InChI is InChI=1S/C8H6Cl2N6O4S/c9-4-1-2-5(7(10)8(4)16(17)18)21(19,20)11-3-6-12-14-15-13-6/h1-2,11H,3H2,(H,12,13,14,15). The second kappa shape index (κ2) is 5.89. The molecule has 2 N–H and O–H groups in total. The van der Waals surface area contributed by atoms with Crippen molar-refractivity contribution in [2.24, 2.45) is 0 Å². The van der Waals surface area contributed by atoms with Gasteiger partial charge < -0.3 is 0 Å². The number of nitro benzene ring substituents is 1. The summed E-state index contributed by atoms with van der Waals surface area (Å²) in [5.41, 5.74) is -0.680. The number of nitro groups is 1. The van der Waals surface area contributed by atoms with Crippen LogP contribution in [0.25, 0.3) is 0 Å². The van der Waals surface area contributed by atoms with Crippen LogP contribution in [-0.2, 0) is 16.6 Å². The Morgan fingerprint density at radius 3 is 2.67 bits per heavy atom. The first kappa shape index (κ1) is 15.6. The van der Waals surface area contributed by atoms with Crippen molar-refractivity contribution in [1.82, 2.24) is 25.3 Å². The third kappa shape index (κ3) is 3.26. The first-order valence-electron chi connectivity index (χ1n) is 5.17. The van der Waals surface area contributed by atoms with Crippen molar-refractivity contribution in [2.45, 2.75) is 11.4 Å². The van der Waals surface area contributed by atoms with Gasteiger partial charge in [-0.25, -0.2) is 13.1 Å². The summed E-state index contributed by atoms with van der Waals surface area (Å²) in [5.74, 6) is 0.0955. The minimum atomic E-state index is -4.11. The third-order valence-corrected chi connectivity index (χ3v) is 4.56. The number of aromatic nitrogens is 4. The zero-order chi connectivity index (χ0) is 15.6. The maximum absolute atomic E-state index is 12.1. The van der Waals surface area contributed by atoms with E-state index in [1.807, 2.05) is 0 Å². The van der Waals surface area contributed by atoms with Crippen LogP contribution in [0, 0.1) is 10.1 Å². The highest BCUT2D eigenvalue weighted by Gasteiger charge is 2.27. The van der Waals surface area contributed by atoms with Gasteiger partial charge in [0.25, 0.3) is 0 Å². The number of benzene rings is 1. The SMILES string of the molecule is O=[N+]([O-])c1c(Cl)ccc(S(=O)(=O)NCc2nn[nH]n2)c1Cl. The molecule has 21 heavy (non-hydrogen) atoms. The molecule has 0 bridgehead atoms. The molecule has 13 heteroatoms. The van der Waals surface area contributed by atoms with E-state index in [4.69, 9.17) is 23.2 Å². The quantitative estimate of drug-likeness (QED) is 0.600. The van der Waals surface area contributed by atoms with E-state index in [0.717, 1.165) is 12.1 Å². The molecular weight excluding hydrogens is 347 g/mol. The van der Waals surface area contributed by atoms with Crippen LogP contribution in [0.2, 0.25) is 10.0 Å². The number of sulfonamides is 1. The van der Waals surface area contributed by atoms with E-state index in [1.54, 1.807) is 0 Å². The second-order valence-corrected chi connectivity index (χ2v) is 6.14. The molecule has 1 heterocycles. The largest absolute Gasteiger partial charge is 0.307 e. The molecule has 2 aromatic rings. The normalized spacial score (nSPS) is 11.5. The number of halogens is 2. The highest BCUT2D eigenvalue weighted by atomic mass is 35.5. The van der Waals surface area contributed by atoms with Gasteiger partial charge in [0.1, 0.15) is 14.9 Å². The Hall–Kier alpha value is -1.82. The van der Waals surface area contributed by atoms with Gasteiger partial charge in [0.15, 0.2) is 5.82 Å². The molecule has 0 saturated heterocycles. The van der Waals surface area contributed by atoms with Gasteiger partial charge >= 0.3 is 5.69 Å². The summed E-state index contributed by atoms with van der Waals surface area (Å²) in [6.07, 6.45) is 0. The molecule has 1 aromatic heterocycles. The van der Waals surface area contributed by atoms with Gasteiger partial charge in [-0.1, -0.05) is 28.4 Å². The summed E-state index contributed by atoms with van der Waals surface area (Å²) in [6.45, 7) is -0.258. The first-order valence-corrected chi connectivity index (χ1v) is 7.41. The third-order valence-electron chi connectivity index (χ3n) is 2.31. The number of aromatic amines is 1. The average molecular weight is 353 g/mol. The van der Waals surface area contributed by atoms with Crippen LogP contribution in [-0.4, -0.2) is 34.0 Å². The van der Waals surface area contributed by atoms with Crippen molar-refractivity contribution >= 4 is 38.9 Å². The lowest BCUT2D eigenvalue weighted by atomic mass is 10.3. The second-order valence-electron chi connectivity index (χ2n) is 3.62. The number of hydrogen-bond acceptors (Lipinski definition) is 7. The smallest absolute Gasteiger partial charge is 0.258 e. The molecule has 2 rings (SSSR count). The predicted octanol–water partition coefficient (Wildman–Crippen LogP) is 0.893. The van der Waals surface area contributed by atoms with Gasteiger partial charge in [-0.3, -0.25) is 10.1 Å². The molecule has 0 fully saturated rings. The van der Waals surface area contributed by atoms with Crippen LogP contribution in [0.15, 0.2) is 17.0 Å². The Morgan fingerprint density at radius 1 is 1.38 bits per heavy atom. The summed E-state index contributed by atoms with van der Waals surface area (Å²) < 4.78 is 26.3.